The van der Waals surface area contributed by atoms with Crippen molar-refractivity contribution < 1.29 is 42.0 Å². The molecule has 1 atom stereocenters. The van der Waals surface area contributed by atoms with E-state index in [9.17, 15) is 4.79 Å². The van der Waals surface area contributed by atoms with Crippen LogP contribution in [0.4, 0.5) is 0 Å². The second-order valence-electron chi connectivity index (χ2n) is 3.47. The van der Waals surface area contributed by atoms with Crippen LogP contribution in [0.5, 0.6) is 0 Å². The number of amides is 1. The molecule has 1 aromatic rings. The van der Waals surface area contributed by atoms with Gasteiger partial charge in [0, 0.05) is 44.2 Å². The number of carbonyl (C=O) groups excluding carboxylic acids is 1. The van der Waals surface area contributed by atoms with Crippen molar-refractivity contribution >= 4 is 5.91 Å². The van der Waals surface area contributed by atoms with Crippen molar-refractivity contribution in [3.63, 3.8) is 0 Å². The molecule has 0 saturated carbocycles. The quantitative estimate of drug-likeness (QED) is 0.806. The van der Waals surface area contributed by atoms with Crippen LogP contribution in [0.1, 0.15) is 43.2 Å². The summed E-state index contributed by atoms with van der Waals surface area (Å²) >= 11 is 0. The molecule has 1 heterocycles. The molecule has 4 nitrogen and oxygen atoms in total. The minimum Gasteiger partial charge on any atom is -0.656 e. The van der Waals surface area contributed by atoms with Gasteiger partial charge in [-0.3, -0.25) is 0 Å². The maximum Gasteiger partial charge on any atom is 0.136 e. The molecule has 17 heavy (non-hydrogen) atoms. The minimum atomic E-state index is -0.0995. The van der Waals surface area contributed by atoms with E-state index < -0.39 is 0 Å². The number of hydrogen-bond acceptors (Lipinski definition) is 3. The molecule has 0 spiro atoms. The summed E-state index contributed by atoms with van der Waals surface area (Å²) in [6.07, 6.45) is 0.392. The predicted octanol–water partition coefficient (Wildman–Crippen LogP) is 3.15. The Morgan fingerprint density at radius 2 is 2.00 bits per heavy atom. The molecule has 95 valence electrons. The van der Waals surface area contributed by atoms with Crippen LogP contribution in [-0.2, 0) is 37.5 Å². The third kappa shape index (κ3) is 5.78. The van der Waals surface area contributed by atoms with Crippen molar-refractivity contribution in [3.05, 3.63) is 29.3 Å². The molecule has 0 N–H and O–H groups in total. The van der Waals surface area contributed by atoms with E-state index in [1.807, 2.05) is 20.8 Å². The van der Waals surface area contributed by atoms with Gasteiger partial charge in [-0.05, 0) is 20.3 Å². The summed E-state index contributed by atoms with van der Waals surface area (Å²) in [4.78, 5) is 11.1. The first-order chi connectivity index (χ1) is 7.56. The van der Waals surface area contributed by atoms with Gasteiger partial charge in [0.2, 0.25) is 0 Å². The molecular weight excluding hydrogens is 293 g/mol. The molecule has 0 aliphatic heterocycles. The molecule has 0 aromatic carbocycles. The number of aryl methyl sites for hydroxylation is 1. The molecule has 0 aliphatic rings. The molecule has 1 amide bonds. The Morgan fingerprint density at radius 3 is 2.35 bits per heavy atom. The summed E-state index contributed by atoms with van der Waals surface area (Å²) in [6, 6.07) is 0. The van der Waals surface area contributed by atoms with Gasteiger partial charge in [-0.25, -0.2) is 0 Å². The number of rotatable bonds is 3. The normalized spacial score (nSPS) is 10.7. The average Bonchev–Trinajstić information content (AvgIpc) is 2.62. The van der Waals surface area contributed by atoms with Gasteiger partial charge in [0.05, 0.1) is 11.6 Å². The van der Waals surface area contributed by atoms with Gasteiger partial charge in [-0.1, -0.05) is 12.1 Å². The molecule has 0 fully saturated rings. The fourth-order valence-electron chi connectivity index (χ4n) is 1.34. The van der Waals surface area contributed by atoms with Gasteiger partial charge in [0.15, 0.2) is 0 Å². The Labute approximate surface area is 129 Å². The van der Waals surface area contributed by atoms with Gasteiger partial charge in [-0.2, -0.15) is 6.92 Å². The Balaban J connectivity index is 0. The molecule has 1 aromatic heterocycles. The summed E-state index contributed by atoms with van der Waals surface area (Å²) in [7, 11) is 1.51. The van der Waals surface area contributed by atoms with Crippen LogP contribution < -0.4 is 0 Å². The van der Waals surface area contributed by atoms with Crippen LogP contribution in [0.3, 0.4) is 0 Å². The van der Waals surface area contributed by atoms with E-state index in [4.69, 9.17) is 4.52 Å². The van der Waals surface area contributed by atoms with E-state index in [2.05, 4.69) is 17.4 Å². The second kappa shape index (κ2) is 9.78. The standard InChI is InChI=1S/C10H16N2O2.C2H5.Y/c1-6(5-9(13)11-4)10-7(2)8(3)14-12-10;1-2;/h6H,5H2,1-4H3,(H,11,13);1H2,2H3;/q;-1;/p-1. The van der Waals surface area contributed by atoms with Crippen LogP contribution in [-0.4, -0.2) is 18.1 Å². The fraction of sp³-hybridized carbons (Fsp3) is 0.583. The van der Waals surface area contributed by atoms with E-state index in [-0.39, 0.29) is 44.5 Å². The topological polar surface area (TPSA) is 57.2 Å². The Bertz CT molecular complexity index is 337. The molecule has 5 heteroatoms. The van der Waals surface area contributed by atoms with Crippen LogP contribution in [0, 0.1) is 20.8 Å². The molecular formula is C12H20N2O2Y-2. The zero-order chi connectivity index (χ0) is 12.7. The van der Waals surface area contributed by atoms with Gasteiger partial charge in [0.25, 0.3) is 0 Å². The van der Waals surface area contributed by atoms with E-state index in [1.165, 1.54) is 7.05 Å². The smallest absolute Gasteiger partial charge is 0.136 e. The maximum absolute atomic E-state index is 11.1. The largest absolute Gasteiger partial charge is 0.656 e. The average molecular weight is 313 g/mol. The molecule has 0 bridgehead atoms. The number of nitrogens with zero attached hydrogens (tertiary/aromatic N) is 2. The maximum atomic E-state index is 11.1. The van der Waals surface area contributed by atoms with Crippen molar-refractivity contribution in [2.75, 3.05) is 7.05 Å². The van der Waals surface area contributed by atoms with Gasteiger partial charge >= 0.3 is 0 Å². The van der Waals surface area contributed by atoms with Gasteiger partial charge in [-0.15, -0.1) is 7.05 Å². The van der Waals surface area contributed by atoms with Crippen molar-refractivity contribution in [1.82, 2.24) is 5.16 Å². The molecule has 1 radical (unpaired) electrons. The summed E-state index contributed by atoms with van der Waals surface area (Å²) in [6.45, 7) is 10.8. The third-order valence-electron chi connectivity index (χ3n) is 2.39. The predicted molar refractivity (Wildman–Crippen MR) is 64.3 cm³/mol. The molecule has 0 saturated heterocycles. The van der Waals surface area contributed by atoms with E-state index in [0.29, 0.717) is 6.42 Å². The Hall–Kier alpha value is -0.216. The van der Waals surface area contributed by atoms with Crippen molar-refractivity contribution in [1.29, 1.82) is 0 Å². The van der Waals surface area contributed by atoms with Crippen molar-refractivity contribution in [2.45, 2.75) is 40.0 Å². The first-order valence-corrected chi connectivity index (χ1v) is 5.32. The summed E-state index contributed by atoms with van der Waals surface area (Å²) in [5.41, 5.74) is 1.89. The Kier molecular flexibility index (Phi) is 11.0. The summed E-state index contributed by atoms with van der Waals surface area (Å²) < 4.78 is 5.04. The number of hydrogen-bond donors (Lipinski definition) is 0. The number of aromatic nitrogens is 1. The van der Waals surface area contributed by atoms with Crippen LogP contribution in [0.25, 0.3) is 5.32 Å². The first kappa shape index (κ1) is 19.1. The van der Waals surface area contributed by atoms with E-state index in [0.717, 1.165) is 17.0 Å². The van der Waals surface area contributed by atoms with Gasteiger partial charge < -0.3 is 21.6 Å². The first-order valence-electron chi connectivity index (χ1n) is 5.32. The zero-order valence-corrected chi connectivity index (χ0v) is 14.1. The minimum absolute atomic E-state index is 0. The summed E-state index contributed by atoms with van der Waals surface area (Å²) in [5, 5.41) is 7.53. The Morgan fingerprint density at radius 1 is 1.47 bits per heavy atom. The van der Waals surface area contributed by atoms with Crippen LogP contribution in [0.15, 0.2) is 4.52 Å². The van der Waals surface area contributed by atoms with Crippen LogP contribution >= 0.6 is 0 Å². The monoisotopic (exact) mass is 313 g/mol. The third-order valence-corrected chi connectivity index (χ3v) is 2.39. The second-order valence-corrected chi connectivity index (χ2v) is 3.47. The van der Waals surface area contributed by atoms with Gasteiger partial charge in [0.1, 0.15) is 5.76 Å². The SMILES string of the molecule is C[N-]C(=O)CC(C)c1noc(C)c1C.[CH2-]C.[Y]. The van der Waals surface area contributed by atoms with E-state index >= 15 is 0 Å². The fourth-order valence-corrected chi connectivity index (χ4v) is 1.34. The molecule has 0 aliphatic carbocycles. The van der Waals surface area contributed by atoms with Crippen molar-refractivity contribution in [3.8, 4) is 0 Å². The number of carbonyl (C=O) groups is 1. The zero-order valence-electron chi connectivity index (χ0n) is 11.3. The van der Waals surface area contributed by atoms with Crippen molar-refractivity contribution in [2.24, 2.45) is 0 Å². The summed E-state index contributed by atoms with van der Waals surface area (Å²) in [5.74, 6) is 0.786. The molecule has 1 unspecified atom stereocenters. The van der Waals surface area contributed by atoms with E-state index in [1.54, 1.807) is 6.92 Å². The molecule has 1 rings (SSSR count). The van der Waals surface area contributed by atoms with Crippen LogP contribution in [0.2, 0.25) is 0 Å².